The number of hydrogen-bond donors (Lipinski definition) is 6. The van der Waals surface area contributed by atoms with Crippen LogP contribution in [0.2, 0.25) is 0 Å². The average Bonchev–Trinajstić information content (AvgIpc) is 2.93. The average molecular weight is 530 g/mol. The third-order valence-corrected chi connectivity index (χ3v) is 6.59. The van der Waals surface area contributed by atoms with Gasteiger partial charge in [0.2, 0.25) is 23.6 Å². The highest BCUT2D eigenvalue weighted by molar-refractivity contribution is 5.94. The summed E-state index contributed by atoms with van der Waals surface area (Å²) in [7, 11) is 3.42. The quantitative estimate of drug-likeness (QED) is 0.182. The Kier molecular flexibility index (Phi) is 13.1. The molecule has 4 atom stereocenters. The minimum atomic E-state index is -0.885. The normalized spacial score (nSPS) is 24.5. The number of hydrogen-bond acceptors (Lipinski definition) is 5. The van der Waals surface area contributed by atoms with Gasteiger partial charge in [-0.2, -0.15) is 0 Å². The number of carbonyl (C=O) groups excluding carboxylic acids is 4. The molecule has 1 saturated heterocycles. The minimum Gasteiger partial charge on any atom is -0.359 e. The lowest BCUT2D eigenvalue weighted by Gasteiger charge is -2.26. The molecule has 1 aromatic rings. The van der Waals surface area contributed by atoms with Crippen molar-refractivity contribution >= 4 is 29.6 Å². The van der Waals surface area contributed by atoms with E-state index in [2.05, 4.69) is 36.9 Å². The van der Waals surface area contributed by atoms with Gasteiger partial charge in [-0.15, -0.1) is 0 Å². The molecule has 210 valence electrons. The number of guanidine groups is 1. The smallest absolute Gasteiger partial charge is 0.247 e. The first kappa shape index (κ1) is 30.6. The van der Waals surface area contributed by atoms with Crippen molar-refractivity contribution in [2.45, 2.75) is 70.5 Å². The summed E-state index contributed by atoms with van der Waals surface area (Å²) < 4.78 is 0. The molecule has 1 aliphatic heterocycles. The predicted molar refractivity (Wildman–Crippen MR) is 147 cm³/mol. The van der Waals surface area contributed by atoms with E-state index in [1.807, 2.05) is 25.1 Å². The molecule has 1 aromatic carbocycles. The van der Waals surface area contributed by atoms with Crippen LogP contribution < -0.4 is 31.9 Å². The maximum absolute atomic E-state index is 13.3. The molecule has 0 aliphatic carbocycles. The van der Waals surface area contributed by atoms with E-state index in [1.165, 1.54) is 0 Å². The standard InChI is InChI=1S/C27H43N7O4/c1-5-20-24(36)34-22(19-13-7-6-8-14-19)26(38)30-16-10-9-12-18(2)23(35)33-21(25(37)32-20)15-11-17-31-27(28-3)29-4/h6-8,13-14,18,20-22H,5,9-12,15-17H2,1-4H3,(H,30,38)(H,32,37)(H,33,35)(H,34,36)(H2,28,29,31)/t18-,20-,21-,22+/m0/s1. The van der Waals surface area contributed by atoms with Gasteiger partial charge in [0, 0.05) is 33.1 Å². The zero-order valence-corrected chi connectivity index (χ0v) is 22.9. The molecule has 0 unspecified atom stereocenters. The van der Waals surface area contributed by atoms with Crippen LogP contribution in [0.25, 0.3) is 0 Å². The first-order valence-electron chi connectivity index (χ1n) is 13.4. The first-order valence-corrected chi connectivity index (χ1v) is 13.4. The van der Waals surface area contributed by atoms with E-state index >= 15 is 0 Å². The van der Waals surface area contributed by atoms with Gasteiger partial charge in [-0.3, -0.25) is 24.2 Å². The third-order valence-electron chi connectivity index (χ3n) is 6.59. The van der Waals surface area contributed by atoms with Crippen LogP contribution in [0.1, 0.15) is 64.0 Å². The highest BCUT2D eigenvalue weighted by Gasteiger charge is 2.30. The van der Waals surface area contributed by atoms with Crippen molar-refractivity contribution in [3.8, 4) is 0 Å². The van der Waals surface area contributed by atoms with Crippen LogP contribution in [0.4, 0.5) is 0 Å². The molecule has 1 fully saturated rings. The maximum atomic E-state index is 13.3. The van der Waals surface area contributed by atoms with Crippen LogP contribution in [0.15, 0.2) is 35.3 Å². The lowest BCUT2D eigenvalue weighted by molar-refractivity contribution is -0.134. The second-order valence-electron chi connectivity index (χ2n) is 9.46. The Balaban J connectivity index is 2.22. The van der Waals surface area contributed by atoms with E-state index in [4.69, 9.17) is 0 Å². The summed E-state index contributed by atoms with van der Waals surface area (Å²) in [5.41, 5.74) is 0.656. The number of amides is 4. The number of rotatable bonds is 6. The topological polar surface area (TPSA) is 153 Å². The second-order valence-corrected chi connectivity index (χ2v) is 9.46. The molecule has 0 aromatic heterocycles. The Morgan fingerprint density at radius 2 is 1.63 bits per heavy atom. The van der Waals surface area contributed by atoms with E-state index in [1.54, 1.807) is 33.2 Å². The van der Waals surface area contributed by atoms with Gasteiger partial charge in [-0.1, -0.05) is 50.6 Å². The first-order chi connectivity index (χ1) is 18.3. The zero-order chi connectivity index (χ0) is 27.9. The molecule has 0 bridgehead atoms. The summed E-state index contributed by atoms with van der Waals surface area (Å²) in [6.07, 6.45) is 3.35. The van der Waals surface area contributed by atoms with Crippen molar-refractivity contribution in [3.05, 3.63) is 35.9 Å². The molecule has 1 heterocycles. The molecule has 0 radical (unpaired) electrons. The van der Waals surface area contributed by atoms with Crippen LogP contribution in [0.5, 0.6) is 0 Å². The maximum Gasteiger partial charge on any atom is 0.247 e. The van der Waals surface area contributed by atoms with Crippen LogP contribution in [0.3, 0.4) is 0 Å². The van der Waals surface area contributed by atoms with Gasteiger partial charge in [-0.25, -0.2) is 0 Å². The van der Waals surface area contributed by atoms with Crippen molar-refractivity contribution in [2.75, 3.05) is 27.2 Å². The Hall–Kier alpha value is -3.63. The Morgan fingerprint density at radius 3 is 2.29 bits per heavy atom. The SMILES string of the molecule is CC[C@@H]1NC(=O)[C@H](CCCNC(=NC)NC)NC(=O)[C@@H](C)CCCCNC(=O)[C@@H](c2ccccc2)NC1=O. The van der Waals surface area contributed by atoms with E-state index in [0.29, 0.717) is 56.7 Å². The Morgan fingerprint density at radius 1 is 0.947 bits per heavy atom. The fraction of sp³-hybridized carbons (Fsp3) is 0.593. The zero-order valence-electron chi connectivity index (χ0n) is 22.9. The fourth-order valence-electron chi connectivity index (χ4n) is 4.21. The van der Waals surface area contributed by atoms with Crippen molar-refractivity contribution in [1.82, 2.24) is 31.9 Å². The summed E-state index contributed by atoms with van der Waals surface area (Å²) in [6.45, 7) is 4.60. The molecular formula is C27H43N7O4. The van der Waals surface area contributed by atoms with Crippen LogP contribution in [0, 0.1) is 5.92 Å². The van der Waals surface area contributed by atoms with E-state index < -0.39 is 29.9 Å². The molecular weight excluding hydrogens is 486 g/mol. The highest BCUT2D eigenvalue weighted by Crippen LogP contribution is 2.15. The van der Waals surface area contributed by atoms with Crippen molar-refractivity contribution in [1.29, 1.82) is 0 Å². The largest absolute Gasteiger partial charge is 0.359 e. The molecule has 2 rings (SSSR count). The molecule has 38 heavy (non-hydrogen) atoms. The van der Waals surface area contributed by atoms with Gasteiger partial charge in [-0.05, 0) is 37.7 Å². The van der Waals surface area contributed by atoms with Crippen LogP contribution in [-0.4, -0.2) is 68.9 Å². The molecule has 0 spiro atoms. The lowest BCUT2D eigenvalue weighted by atomic mass is 10.0. The monoisotopic (exact) mass is 529 g/mol. The number of aliphatic imine (C=N–C) groups is 1. The predicted octanol–water partition coefficient (Wildman–Crippen LogP) is 0.735. The molecule has 0 saturated carbocycles. The van der Waals surface area contributed by atoms with Gasteiger partial charge >= 0.3 is 0 Å². The number of carbonyl (C=O) groups is 4. The molecule has 1 aliphatic rings. The van der Waals surface area contributed by atoms with Gasteiger partial charge in [0.25, 0.3) is 0 Å². The van der Waals surface area contributed by atoms with Crippen molar-refractivity contribution in [2.24, 2.45) is 10.9 Å². The summed E-state index contributed by atoms with van der Waals surface area (Å²) in [4.78, 5) is 56.5. The third kappa shape index (κ3) is 9.68. The summed E-state index contributed by atoms with van der Waals surface area (Å²) in [6, 6.07) is 6.47. The number of nitrogens with zero attached hydrogens (tertiary/aromatic N) is 1. The molecule has 6 N–H and O–H groups in total. The lowest BCUT2D eigenvalue weighted by Crippen LogP contribution is -2.55. The van der Waals surface area contributed by atoms with E-state index in [-0.39, 0.29) is 17.7 Å². The van der Waals surface area contributed by atoms with Gasteiger partial charge in [0.05, 0.1) is 0 Å². The number of benzene rings is 1. The second kappa shape index (κ2) is 16.3. The number of nitrogens with one attached hydrogen (secondary N) is 6. The van der Waals surface area contributed by atoms with E-state index in [9.17, 15) is 19.2 Å². The van der Waals surface area contributed by atoms with Crippen molar-refractivity contribution in [3.63, 3.8) is 0 Å². The summed E-state index contributed by atoms with van der Waals surface area (Å²) in [5.74, 6) is -1.08. The summed E-state index contributed by atoms with van der Waals surface area (Å²) in [5, 5.41) is 17.4. The molecule has 4 amide bonds. The molecule has 11 heteroatoms. The minimum absolute atomic E-state index is 0.207. The molecule has 11 nitrogen and oxygen atoms in total. The Labute approximate surface area is 225 Å². The fourth-order valence-corrected chi connectivity index (χ4v) is 4.21. The van der Waals surface area contributed by atoms with Crippen molar-refractivity contribution < 1.29 is 19.2 Å². The van der Waals surface area contributed by atoms with Crippen LogP contribution in [-0.2, 0) is 19.2 Å². The Bertz CT molecular complexity index is 954. The van der Waals surface area contributed by atoms with Gasteiger partial charge in [0.15, 0.2) is 5.96 Å². The summed E-state index contributed by atoms with van der Waals surface area (Å²) >= 11 is 0. The van der Waals surface area contributed by atoms with Gasteiger partial charge < -0.3 is 31.9 Å². The van der Waals surface area contributed by atoms with E-state index in [0.717, 1.165) is 6.42 Å². The van der Waals surface area contributed by atoms with Gasteiger partial charge in [0.1, 0.15) is 18.1 Å². The van der Waals surface area contributed by atoms with Crippen LogP contribution >= 0.6 is 0 Å². The highest BCUT2D eigenvalue weighted by atomic mass is 16.2.